The van der Waals surface area contributed by atoms with Crippen LogP contribution in [0.15, 0.2) is 22.7 Å². The molecule has 2 aromatic rings. The molecule has 2 N–H and O–H groups in total. The second-order valence-corrected chi connectivity index (χ2v) is 7.78. The maximum absolute atomic E-state index is 13.1. The molecule has 0 aliphatic carbocycles. The molecular weight excluding hydrogens is 432 g/mol. The van der Waals surface area contributed by atoms with E-state index in [1.807, 2.05) is 32.0 Å². The Morgan fingerprint density at radius 1 is 1.14 bits per heavy atom. The normalized spacial score (nSPS) is 10.8. The van der Waals surface area contributed by atoms with Crippen molar-refractivity contribution in [3.8, 4) is 17.0 Å². The zero-order chi connectivity index (χ0) is 21.4. The van der Waals surface area contributed by atoms with Crippen LogP contribution in [0, 0.1) is 6.92 Å². The first kappa shape index (κ1) is 23.1. The number of ether oxygens (including phenoxy) is 1. The lowest BCUT2D eigenvalue weighted by Gasteiger charge is -2.21. The highest BCUT2D eigenvalue weighted by molar-refractivity contribution is 9.10. The molecule has 0 unspecified atom stereocenters. The molecule has 0 spiro atoms. The third-order valence-electron chi connectivity index (χ3n) is 4.83. The van der Waals surface area contributed by atoms with E-state index in [-0.39, 0.29) is 11.9 Å². The van der Waals surface area contributed by atoms with Crippen molar-refractivity contribution in [2.24, 2.45) is 0 Å². The Bertz CT molecular complexity index is 838. The van der Waals surface area contributed by atoms with E-state index in [9.17, 15) is 4.79 Å². The van der Waals surface area contributed by atoms with Gasteiger partial charge in [0.2, 0.25) is 5.95 Å². The molecule has 6 nitrogen and oxygen atoms in total. The Balaban J connectivity index is 2.34. The first-order chi connectivity index (χ1) is 13.9. The van der Waals surface area contributed by atoms with E-state index in [1.54, 1.807) is 11.8 Å². The van der Waals surface area contributed by atoms with Crippen LogP contribution in [-0.2, 0) is 0 Å². The SMILES string of the molecule is CCCCCCOc1ccc(-c2nc(N)nc(C)c2C(=O)N(CC)CC)cc1Br. The topological polar surface area (TPSA) is 81.3 Å². The summed E-state index contributed by atoms with van der Waals surface area (Å²) in [6.07, 6.45) is 4.63. The lowest BCUT2D eigenvalue weighted by molar-refractivity contribution is 0.0772. The third kappa shape index (κ3) is 5.92. The summed E-state index contributed by atoms with van der Waals surface area (Å²) >= 11 is 3.59. The molecular formula is C22H31BrN4O2. The van der Waals surface area contributed by atoms with Crippen LogP contribution in [0.25, 0.3) is 11.3 Å². The van der Waals surface area contributed by atoms with Gasteiger partial charge in [0, 0.05) is 18.7 Å². The average molecular weight is 463 g/mol. The van der Waals surface area contributed by atoms with Crippen LogP contribution in [0.5, 0.6) is 5.75 Å². The summed E-state index contributed by atoms with van der Waals surface area (Å²) < 4.78 is 6.71. The molecule has 0 radical (unpaired) electrons. The van der Waals surface area contributed by atoms with Crippen molar-refractivity contribution in [2.45, 2.75) is 53.4 Å². The number of aryl methyl sites for hydroxylation is 1. The van der Waals surface area contributed by atoms with Gasteiger partial charge in [-0.2, -0.15) is 0 Å². The summed E-state index contributed by atoms with van der Waals surface area (Å²) in [5.74, 6) is 0.844. The number of carbonyl (C=O) groups excluding carboxylic acids is 1. The summed E-state index contributed by atoms with van der Waals surface area (Å²) in [7, 11) is 0. The smallest absolute Gasteiger partial charge is 0.257 e. The van der Waals surface area contributed by atoms with Crippen LogP contribution in [0.3, 0.4) is 0 Å². The predicted molar refractivity (Wildman–Crippen MR) is 121 cm³/mol. The van der Waals surface area contributed by atoms with Crippen LogP contribution in [0.1, 0.15) is 62.5 Å². The van der Waals surface area contributed by atoms with Gasteiger partial charge in [0.1, 0.15) is 5.75 Å². The molecule has 29 heavy (non-hydrogen) atoms. The molecule has 0 bridgehead atoms. The lowest BCUT2D eigenvalue weighted by Crippen LogP contribution is -2.32. The number of nitrogen functional groups attached to an aromatic ring is 1. The molecule has 0 fully saturated rings. The van der Waals surface area contributed by atoms with Gasteiger partial charge in [0.05, 0.1) is 28.0 Å². The summed E-state index contributed by atoms with van der Waals surface area (Å²) in [4.78, 5) is 23.5. The van der Waals surface area contributed by atoms with E-state index in [0.717, 1.165) is 22.2 Å². The van der Waals surface area contributed by atoms with Crippen molar-refractivity contribution in [3.05, 3.63) is 33.9 Å². The van der Waals surface area contributed by atoms with E-state index < -0.39 is 0 Å². The first-order valence-electron chi connectivity index (χ1n) is 10.3. The fraction of sp³-hybridized carbons (Fsp3) is 0.500. The minimum atomic E-state index is -0.0881. The average Bonchev–Trinajstić information content (AvgIpc) is 2.69. The molecule has 0 saturated carbocycles. The summed E-state index contributed by atoms with van der Waals surface area (Å²) in [5.41, 5.74) is 8.30. The van der Waals surface area contributed by atoms with Crippen molar-refractivity contribution in [3.63, 3.8) is 0 Å². The van der Waals surface area contributed by atoms with Crippen molar-refractivity contribution in [1.29, 1.82) is 0 Å². The van der Waals surface area contributed by atoms with Gasteiger partial charge >= 0.3 is 0 Å². The number of carbonyl (C=O) groups is 1. The number of halogens is 1. The van der Waals surface area contributed by atoms with Crippen molar-refractivity contribution in [2.75, 3.05) is 25.4 Å². The Kier molecular flexibility index (Phi) is 8.89. The number of aromatic nitrogens is 2. The molecule has 1 amide bonds. The van der Waals surface area contributed by atoms with Gasteiger partial charge in [0.25, 0.3) is 5.91 Å². The molecule has 7 heteroatoms. The zero-order valence-electron chi connectivity index (χ0n) is 17.8. The number of nitrogens with zero attached hydrogens (tertiary/aromatic N) is 3. The van der Waals surface area contributed by atoms with Crippen LogP contribution >= 0.6 is 15.9 Å². The number of nitrogens with two attached hydrogens (primary N) is 1. The number of amides is 1. The lowest BCUT2D eigenvalue weighted by atomic mass is 10.0. The molecule has 1 aromatic heterocycles. The van der Waals surface area contributed by atoms with Crippen LogP contribution in [0.4, 0.5) is 5.95 Å². The summed E-state index contributed by atoms with van der Waals surface area (Å²) in [6.45, 7) is 9.82. The van der Waals surface area contributed by atoms with E-state index in [1.165, 1.54) is 19.3 Å². The fourth-order valence-electron chi connectivity index (χ4n) is 3.20. The van der Waals surface area contributed by atoms with E-state index in [0.29, 0.717) is 36.6 Å². The molecule has 1 heterocycles. The zero-order valence-corrected chi connectivity index (χ0v) is 19.4. The Morgan fingerprint density at radius 3 is 2.48 bits per heavy atom. The van der Waals surface area contributed by atoms with Crippen LogP contribution < -0.4 is 10.5 Å². The van der Waals surface area contributed by atoms with Gasteiger partial charge in [-0.05, 0) is 61.3 Å². The van der Waals surface area contributed by atoms with Crippen molar-refractivity contribution >= 4 is 27.8 Å². The third-order valence-corrected chi connectivity index (χ3v) is 5.45. The van der Waals surface area contributed by atoms with Gasteiger partial charge in [-0.25, -0.2) is 9.97 Å². The first-order valence-corrected chi connectivity index (χ1v) is 11.1. The predicted octanol–water partition coefficient (Wildman–Crippen LogP) is 5.24. The fourth-order valence-corrected chi connectivity index (χ4v) is 3.70. The quantitative estimate of drug-likeness (QED) is 0.488. The minimum Gasteiger partial charge on any atom is -0.492 e. The van der Waals surface area contributed by atoms with Gasteiger partial charge in [-0.15, -0.1) is 0 Å². The molecule has 0 saturated heterocycles. The standard InChI is InChI=1S/C22H31BrN4O2/c1-5-8-9-10-13-29-18-12-11-16(14-17(18)23)20-19(15(4)25-22(24)26-20)21(28)27(6-2)7-3/h11-12,14H,5-10,13H2,1-4H3,(H2,24,25,26). The largest absolute Gasteiger partial charge is 0.492 e. The van der Waals surface area contributed by atoms with E-state index in [2.05, 4.69) is 32.8 Å². The van der Waals surface area contributed by atoms with E-state index in [4.69, 9.17) is 10.5 Å². The number of hydrogen-bond donors (Lipinski definition) is 1. The second-order valence-electron chi connectivity index (χ2n) is 6.92. The maximum atomic E-state index is 13.1. The Hall–Kier alpha value is -2.15. The number of anilines is 1. The monoisotopic (exact) mass is 462 g/mol. The van der Waals surface area contributed by atoms with Gasteiger partial charge in [-0.1, -0.05) is 26.2 Å². The Labute approximate surface area is 182 Å². The molecule has 0 atom stereocenters. The number of benzene rings is 1. The maximum Gasteiger partial charge on any atom is 0.257 e. The number of hydrogen-bond acceptors (Lipinski definition) is 5. The van der Waals surface area contributed by atoms with Gasteiger partial charge in [0.15, 0.2) is 0 Å². The van der Waals surface area contributed by atoms with Crippen molar-refractivity contribution < 1.29 is 9.53 Å². The van der Waals surface area contributed by atoms with Crippen LogP contribution in [0.2, 0.25) is 0 Å². The highest BCUT2D eigenvalue weighted by atomic mass is 79.9. The summed E-state index contributed by atoms with van der Waals surface area (Å²) in [5, 5.41) is 0. The van der Waals surface area contributed by atoms with Crippen molar-refractivity contribution in [1.82, 2.24) is 14.9 Å². The highest BCUT2D eigenvalue weighted by Gasteiger charge is 2.23. The highest BCUT2D eigenvalue weighted by Crippen LogP contribution is 2.33. The molecule has 1 aromatic carbocycles. The molecule has 0 aliphatic rings. The minimum absolute atomic E-state index is 0.0881. The molecule has 158 valence electrons. The number of rotatable bonds is 10. The van der Waals surface area contributed by atoms with Crippen LogP contribution in [-0.4, -0.2) is 40.5 Å². The van der Waals surface area contributed by atoms with E-state index >= 15 is 0 Å². The molecule has 2 rings (SSSR count). The summed E-state index contributed by atoms with van der Waals surface area (Å²) in [6, 6.07) is 5.73. The van der Waals surface area contributed by atoms with Gasteiger partial charge < -0.3 is 15.4 Å². The second kappa shape index (κ2) is 11.1. The molecule has 0 aliphatic heterocycles. The van der Waals surface area contributed by atoms with Gasteiger partial charge in [-0.3, -0.25) is 4.79 Å². The number of unbranched alkanes of at least 4 members (excludes halogenated alkanes) is 3. The Morgan fingerprint density at radius 2 is 1.86 bits per heavy atom.